The number of hydrogen-bond donors (Lipinski definition) is 9. The van der Waals surface area contributed by atoms with Gasteiger partial charge in [-0.25, -0.2) is 9.59 Å². The summed E-state index contributed by atoms with van der Waals surface area (Å²) in [5.74, 6) is -8.42. The predicted molar refractivity (Wildman–Crippen MR) is 106 cm³/mol. The van der Waals surface area contributed by atoms with Crippen molar-refractivity contribution in [1.29, 1.82) is 0 Å². The summed E-state index contributed by atoms with van der Waals surface area (Å²) >= 11 is 0. The normalized spacial score (nSPS) is 14.4. The molecule has 0 heterocycles. The van der Waals surface area contributed by atoms with Gasteiger partial charge in [-0.1, -0.05) is 0 Å². The molecular weight excluding hydrogens is 464 g/mol. The molecule has 34 heavy (non-hydrogen) atoms. The molecule has 0 saturated carbocycles. The molecule has 9 N–H and O–H groups in total. The van der Waals surface area contributed by atoms with Crippen LogP contribution in [0.5, 0.6) is 34.5 Å². The number of benzene rings is 2. The van der Waals surface area contributed by atoms with Gasteiger partial charge < -0.3 is 55.4 Å². The Kier molecular flexibility index (Phi) is 8.07. The number of aliphatic hydroxyl groups excluding tert-OH is 3. The van der Waals surface area contributed by atoms with Crippen LogP contribution in [0.25, 0.3) is 0 Å². The number of esters is 2. The summed E-state index contributed by atoms with van der Waals surface area (Å²) in [7, 11) is 0. The second-order valence-electron chi connectivity index (χ2n) is 6.84. The van der Waals surface area contributed by atoms with Gasteiger partial charge in [0.25, 0.3) is 0 Å². The van der Waals surface area contributed by atoms with Gasteiger partial charge in [-0.3, -0.25) is 4.79 Å². The molecule has 4 atom stereocenters. The largest absolute Gasteiger partial charge is 0.504 e. The second-order valence-corrected chi connectivity index (χ2v) is 6.84. The SMILES string of the molecule is O=C[C@H](OC(=O)c1cc(O)c(O)c(O)c1)[C@H](OC(=O)c1cc(O)c(O)c(O)c1)[C@H](O)[C@H](O)CO. The molecule has 0 aromatic heterocycles. The van der Waals surface area contributed by atoms with Crippen LogP contribution in [0.4, 0.5) is 0 Å². The van der Waals surface area contributed by atoms with Gasteiger partial charge in [-0.2, -0.15) is 0 Å². The highest BCUT2D eigenvalue weighted by atomic mass is 16.6. The van der Waals surface area contributed by atoms with Crippen molar-refractivity contribution in [2.24, 2.45) is 0 Å². The fraction of sp³-hybridized carbons (Fsp3) is 0.250. The summed E-state index contributed by atoms with van der Waals surface area (Å²) in [5.41, 5.74) is -1.16. The fourth-order valence-electron chi connectivity index (χ4n) is 2.66. The quantitative estimate of drug-likeness (QED) is 0.113. The number of aldehydes is 1. The zero-order valence-electron chi connectivity index (χ0n) is 17.0. The predicted octanol–water partition coefficient (Wildman–Crippen LogP) is -1.42. The molecule has 0 amide bonds. The average Bonchev–Trinajstić information content (AvgIpc) is 2.80. The van der Waals surface area contributed by atoms with Crippen molar-refractivity contribution < 1.29 is 69.8 Å². The van der Waals surface area contributed by atoms with E-state index in [1.165, 1.54) is 0 Å². The van der Waals surface area contributed by atoms with Crippen LogP contribution in [0.15, 0.2) is 24.3 Å². The van der Waals surface area contributed by atoms with E-state index in [4.69, 9.17) is 14.6 Å². The molecule has 0 spiro atoms. The molecule has 0 bridgehead atoms. The van der Waals surface area contributed by atoms with Gasteiger partial charge in [0.2, 0.25) is 0 Å². The molecule has 0 saturated heterocycles. The number of aliphatic hydroxyl groups is 3. The third kappa shape index (κ3) is 5.55. The second kappa shape index (κ2) is 10.6. The van der Waals surface area contributed by atoms with E-state index in [1.54, 1.807) is 0 Å². The Morgan fingerprint density at radius 1 is 0.765 bits per heavy atom. The smallest absolute Gasteiger partial charge is 0.339 e. The van der Waals surface area contributed by atoms with E-state index >= 15 is 0 Å². The minimum atomic E-state index is -2.21. The maximum absolute atomic E-state index is 12.5. The lowest BCUT2D eigenvalue weighted by molar-refractivity contribution is -0.139. The first-order valence-electron chi connectivity index (χ1n) is 9.25. The van der Waals surface area contributed by atoms with Crippen LogP contribution < -0.4 is 0 Å². The van der Waals surface area contributed by atoms with Crippen LogP contribution in [0.1, 0.15) is 20.7 Å². The third-order valence-corrected chi connectivity index (χ3v) is 4.47. The van der Waals surface area contributed by atoms with Crippen LogP contribution in [0, 0.1) is 0 Å². The lowest BCUT2D eigenvalue weighted by Gasteiger charge is -2.29. The highest BCUT2D eigenvalue weighted by Gasteiger charge is 2.39. The van der Waals surface area contributed by atoms with Crippen molar-refractivity contribution in [2.45, 2.75) is 24.4 Å². The number of rotatable bonds is 9. The number of carbonyl (C=O) groups is 3. The summed E-state index contributed by atoms with van der Waals surface area (Å²) < 4.78 is 9.75. The first-order chi connectivity index (χ1) is 15.9. The topological polar surface area (TPSA) is 252 Å². The third-order valence-electron chi connectivity index (χ3n) is 4.47. The molecule has 0 aliphatic rings. The molecular formula is C20H20O14. The van der Waals surface area contributed by atoms with Crippen molar-refractivity contribution in [2.75, 3.05) is 6.61 Å². The molecule has 14 heteroatoms. The van der Waals surface area contributed by atoms with E-state index in [0.29, 0.717) is 24.3 Å². The van der Waals surface area contributed by atoms with E-state index in [1.807, 2.05) is 0 Å². The number of phenolic OH excluding ortho intramolecular Hbond substituents is 6. The van der Waals surface area contributed by atoms with E-state index in [2.05, 4.69) is 0 Å². The first-order valence-corrected chi connectivity index (χ1v) is 9.25. The number of ether oxygens (including phenoxy) is 2. The lowest BCUT2D eigenvalue weighted by atomic mass is 10.0. The number of phenols is 6. The Morgan fingerprint density at radius 2 is 1.15 bits per heavy atom. The number of aromatic hydroxyl groups is 6. The van der Waals surface area contributed by atoms with E-state index in [0.717, 1.165) is 0 Å². The molecule has 184 valence electrons. The minimum Gasteiger partial charge on any atom is -0.504 e. The summed E-state index contributed by atoms with van der Waals surface area (Å²) in [4.78, 5) is 36.4. The summed E-state index contributed by atoms with van der Waals surface area (Å²) in [6.07, 6.45) is -8.60. The van der Waals surface area contributed by atoms with E-state index in [9.17, 15) is 55.2 Å². The van der Waals surface area contributed by atoms with Gasteiger partial charge in [-0.05, 0) is 24.3 Å². The summed E-state index contributed by atoms with van der Waals surface area (Å²) in [5, 5.41) is 85.9. The Balaban J connectivity index is 2.36. The summed E-state index contributed by atoms with van der Waals surface area (Å²) in [6, 6.07) is 2.66. The average molecular weight is 484 g/mol. The number of hydrogen-bond acceptors (Lipinski definition) is 14. The molecule has 0 unspecified atom stereocenters. The molecule has 0 aliphatic heterocycles. The Bertz CT molecular complexity index is 1030. The maximum Gasteiger partial charge on any atom is 0.339 e. The van der Waals surface area contributed by atoms with Crippen LogP contribution in [0.2, 0.25) is 0 Å². The van der Waals surface area contributed by atoms with Gasteiger partial charge >= 0.3 is 11.9 Å². The molecule has 0 fully saturated rings. The van der Waals surface area contributed by atoms with Crippen LogP contribution in [0.3, 0.4) is 0 Å². The molecule has 2 aromatic rings. The summed E-state index contributed by atoms with van der Waals surface area (Å²) in [6.45, 7) is -1.07. The molecule has 0 aliphatic carbocycles. The van der Waals surface area contributed by atoms with Gasteiger partial charge in [0.15, 0.2) is 53.0 Å². The van der Waals surface area contributed by atoms with Crippen LogP contribution in [-0.2, 0) is 14.3 Å². The number of carbonyl (C=O) groups excluding carboxylic acids is 3. The van der Waals surface area contributed by atoms with Gasteiger partial charge in [0.1, 0.15) is 12.2 Å². The molecule has 0 radical (unpaired) electrons. The fourth-order valence-corrected chi connectivity index (χ4v) is 2.66. The monoisotopic (exact) mass is 484 g/mol. The highest BCUT2D eigenvalue weighted by molar-refractivity contribution is 5.93. The van der Waals surface area contributed by atoms with E-state index in [-0.39, 0.29) is 6.29 Å². The molecule has 2 aromatic carbocycles. The Morgan fingerprint density at radius 3 is 1.50 bits per heavy atom. The minimum absolute atomic E-state index is 0.102. The van der Waals surface area contributed by atoms with Crippen molar-refractivity contribution in [3.8, 4) is 34.5 Å². The zero-order valence-corrected chi connectivity index (χ0v) is 17.0. The Labute approximate surface area is 189 Å². The van der Waals surface area contributed by atoms with Crippen molar-refractivity contribution >= 4 is 18.2 Å². The maximum atomic E-state index is 12.5. The Hall–Kier alpha value is -4.27. The molecule has 2 rings (SSSR count). The lowest BCUT2D eigenvalue weighted by Crippen LogP contribution is -2.50. The van der Waals surface area contributed by atoms with Gasteiger partial charge in [0, 0.05) is 0 Å². The van der Waals surface area contributed by atoms with Crippen molar-refractivity contribution in [3.63, 3.8) is 0 Å². The van der Waals surface area contributed by atoms with Crippen molar-refractivity contribution in [3.05, 3.63) is 35.4 Å². The van der Waals surface area contributed by atoms with Crippen LogP contribution >= 0.6 is 0 Å². The first kappa shape index (κ1) is 26.0. The van der Waals surface area contributed by atoms with Crippen LogP contribution in [-0.4, -0.2) is 95.2 Å². The van der Waals surface area contributed by atoms with Gasteiger partial charge in [0.05, 0.1) is 17.7 Å². The molecule has 14 nitrogen and oxygen atoms in total. The van der Waals surface area contributed by atoms with Gasteiger partial charge in [-0.15, -0.1) is 0 Å². The van der Waals surface area contributed by atoms with E-state index < -0.39 is 88.6 Å². The van der Waals surface area contributed by atoms with Crippen molar-refractivity contribution in [1.82, 2.24) is 0 Å². The highest BCUT2D eigenvalue weighted by Crippen LogP contribution is 2.37. The zero-order chi connectivity index (χ0) is 25.7. The standard InChI is InChI=1S/C20H20O14/c21-5-13(27)17(30)18(34-20(32)8-3-11(25)16(29)12(26)4-8)14(6-22)33-19(31)7-1-9(23)15(28)10(24)2-7/h1-4,6,13-14,17-18,21,23-30H,5H2/t13-,14+,17-,18+/m1/s1.